The molecule has 132 valence electrons. The van der Waals surface area contributed by atoms with Gasteiger partial charge in [0, 0.05) is 6.08 Å². The molecule has 12 heteroatoms. The lowest BCUT2D eigenvalue weighted by molar-refractivity contribution is -0.174. The molecule has 0 saturated heterocycles. The lowest BCUT2D eigenvalue weighted by atomic mass is 9.98. The minimum Gasteiger partial charge on any atom is -0.481 e. The SMILES string of the molecule is O=C(O)C=C(CC(=O)OC(C(=O)O)C(CC(=O)O)C(=O)O)C(=O)O. The molecule has 2 unspecified atom stereocenters. The van der Waals surface area contributed by atoms with E-state index >= 15 is 0 Å². The van der Waals surface area contributed by atoms with Gasteiger partial charge in [0.15, 0.2) is 0 Å². The molecule has 2 atom stereocenters. The zero-order valence-electron chi connectivity index (χ0n) is 11.7. The summed E-state index contributed by atoms with van der Waals surface area (Å²) in [5.41, 5.74) is -0.943. The van der Waals surface area contributed by atoms with Crippen LogP contribution in [0.5, 0.6) is 0 Å². The summed E-state index contributed by atoms with van der Waals surface area (Å²) in [6.45, 7) is 0. The predicted octanol–water partition coefficient (Wildman–Crippen LogP) is -1.36. The van der Waals surface area contributed by atoms with Gasteiger partial charge in [-0.15, -0.1) is 0 Å². The largest absolute Gasteiger partial charge is 0.481 e. The Morgan fingerprint density at radius 2 is 1.42 bits per heavy atom. The molecule has 0 aromatic carbocycles. The zero-order chi connectivity index (χ0) is 19.0. The smallest absolute Gasteiger partial charge is 0.345 e. The average Bonchev–Trinajstić information content (AvgIpc) is 2.40. The van der Waals surface area contributed by atoms with E-state index in [1.54, 1.807) is 0 Å². The Morgan fingerprint density at radius 1 is 0.875 bits per heavy atom. The third-order valence-electron chi connectivity index (χ3n) is 2.49. The first-order valence-corrected chi connectivity index (χ1v) is 5.99. The summed E-state index contributed by atoms with van der Waals surface area (Å²) in [4.78, 5) is 65.2. The molecule has 0 spiro atoms. The fourth-order valence-corrected chi connectivity index (χ4v) is 1.49. The summed E-state index contributed by atoms with van der Waals surface area (Å²) < 4.78 is 4.32. The highest BCUT2D eigenvalue weighted by Gasteiger charge is 2.39. The normalized spacial score (nSPS) is 13.4. The molecule has 0 bridgehead atoms. The van der Waals surface area contributed by atoms with E-state index in [0.29, 0.717) is 0 Å². The Labute approximate surface area is 132 Å². The first kappa shape index (κ1) is 20.6. The zero-order valence-corrected chi connectivity index (χ0v) is 11.7. The molecule has 0 rings (SSSR count). The molecule has 12 nitrogen and oxygen atoms in total. The maximum atomic E-state index is 11.5. The molecule has 0 radical (unpaired) electrons. The van der Waals surface area contributed by atoms with E-state index in [0.717, 1.165) is 0 Å². The second kappa shape index (κ2) is 8.87. The van der Waals surface area contributed by atoms with Crippen molar-refractivity contribution in [2.45, 2.75) is 18.9 Å². The number of aliphatic carboxylic acids is 5. The topological polar surface area (TPSA) is 213 Å². The van der Waals surface area contributed by atoms with Crippen LogP contribution in [0.25, 0.3) is 0 Å². The standard InChI is InChI=1S/C12H12O12/c13-6(14)1-4(10(18)19)2-8(17)24-9(12(22)23)5(11(20)21)3-7(15)16/h1,5,9H,2-3H2,(H,13,14)(H,15,16)(H,18,19)(H,20,21)(H,22,23). The van der Waals surface area contributed by atoms with Gasteiger partial charge < -0.3 is 30.3 Å². The number of carbonyl (C=O) groups excluding carboxylic acids is 1. The number of carbonyl (C=O) groups is 6. The van der Waals surface area contributed by atoms with Crippen molar-refractivity contribution in [2.75, 3.05) is 0 Å². The first-order chi connectivity index (χ1) is 11.0. The third-order valence-corrected chi connectivity index (χ3v) is 2.49. The number of rotatable bonds is 10. The molecule has 0 aliphatic carbocycles. The van der Waals surface area contributed by atoms with Gasteiger partial charge in [-0.3, -0.25) is 14.4 Å². The van der Waals surface area contributed by atoms with Crippen LogP contribution in [0.15, 0.2) is 11.6 Å². The Hall–Kier alpha value is -3.44. The first-order valence-electron chi connectivity index (χ1n) is 5.99. The van der Waals surface area contributed by atoms with E-state index in [1.165, 1.54) is 0 Å². The maximum Gasteiger partial charge on any atom is 0.345 e. The molecule has 0 aliphatic heterocycles. The highest BCUT2D eigenvalue weighted by molar-refractivity contribution is 5.98. The van der Waals surface area contributed by atoms with Crippen LogP contribution >= 0.6 is 0 Å². The van der Waals surface area contributed by atoms with Gasteiger partial charge >= 0.3 is 35.8 Å². The minimum atomic E-state index is -2.40. The Balaban J connectivity index is 5.31. The van der Waals surface area contributed by atoms with E-state index < -0.39 is 66.3 Å². The summed E-state index contributed by atoms with van der Waals surface area (Å²) >= 11 is 0. The fraction of sp³-hybridized carbons (Fsp3) is 0.333. The fourth-order valence-electron chi connectivity index (χ4n) is 1.49. The summed E-state index contributed by atoms with van der Waals surface area (Å²) in [5.74, 6) is -12.6. The summed E-state index contributed by atoms with van der Waals surface area (Å²) in [6.07, 6.45) is -4.56. The van der Waals surface area contributed by atoms with Crippen LogP contribution in [-0.2, 0) is 33.5 Å². The average molecular weight is 348 g/mol. The van der Waals surface area contributed by atoms with E-state index in [2.05, 4.69) is 4.74 Å². The van der Waals surface area contributed by atoms with Gasteiger partial charge in [-0.1, -0.05) is 0 Å². The van der Waals surface area contributed by atoms with E-state index in [1.807, 2.05) is 0 Å². The predicted molar refractivity (Wildman–Crippen MR) is 68.9 cm³/mol. The van der Waals surface area contributed by atoms with Crippen LogP contribution in [0, 0.1) is 5.92 Å². The quantitative estimate of drug-likeness (QED) is 0.229. The van der Waals surface area contributed by atoms with Gasteiger partial charge in [-0.25, -0.2) is 14.4 Å². The van der Waals surface area contributed by atoms with Crippen LogP contribution < -0.4 is 0 Å². The Kier molecular flexibility index (Phi) is 7.60. The van der Waals surface area contributed by atoms with Crippen LogP contribution in [-0.4, -0.2) is 67.5 Å². The molecular weight excluding hydrogens is 336 g/mol. The van der Waals surface area contributed by atoms with Crippen molar-refractivity contribution in [3.63, 3.8) is 0 Å². The second-order valence-corrected chi connectivity index (χ2v) is 4.28. The van der Waals surface area contributed by atoms with Gasteiger partial charge in [-0.05, 0) is 0 Å². The van der Waals surface area contributed by atoms with Crippen LogP contribution in [0.1, 0.15) is 12.8 Å². The summed E-state index contributed by atoms with van der Waals surface area (Å²) in [7, 11) is 0. The molecule has 0 fully saturated rings. The molecule has 0 saturated carbocycles. The van der Waals surface area contributed by atoms with Crippen LogP contribution in [0.3, 0.4) is 0 Å². The van der Waals surface area contributed by atoms with E-state index in [9.17, 15) is 28.8 Å². The van der Waals surface area contributed by atoms with E-state index in [-0.39, 0.29) is 6.08 Å². The summed E-state index contributed by atoms with van der Waals surface area (Å²) in [6, 6.07) is 0. The van der Waals surface area contributed by atoms with Gasteiger partial charge in [-0.2, -0.15) is 0 Å². The highest BCUT2D eigenvalue weighted by atomic mass is 16.6. The van der Waals surface area contributed by atoms with Crippen molar-refractivity contribution < 1.29 is 59.0 Å². The molecule has 24 heavy (non-hydrogen) atoms. The number of hydrogen-bond donors (Lipinski definition) is 5. The maximum absolute atomic E-state index is 11.5. The number of ether oxygens (including phenoxy) is 1. The van der Waals surface area contributed by atoms with Crippen molar-refractivity contribution >= 4 is 35.8 Å². The molecule has 0 aromatic heterocycles. The number of esters is 1. The number of carboxylic acids is 5. The van der Waals surface area contributed by atoms with Crippen molar-refractivity contribution in [3.8, 4) is 0 Å². The van der Waals surface area contributed by atoms with Gasteiger partial charge in [0.2, 0.25) is 6.10 Å². The van der Waals surface area contributed by atoms with Crippen LogP contribution in [0.4, 0.5) is 0 Å². The lowest BCUT2D eigenvalue weighted by Crippen LogP contribution is -2.40. The molecule has 0 aromatic rings. The van der Waals surface area contributed by atoms with Crippen molar-refractivity contribution in [1.29, 1.82) is 0 Å². The number of hydrogen-bond acceptors (Lipinski definition) is 7. The molecule has 5 N–H and O–H groups in total. The van der Waals surface area contributed by atoms with Crippen molar-refractivity contribution in [1.82, 2.24) is 0 Å². The Morgan fingerprint density at radius 3 is 1.75 bits per heavy atom. The molecule has 0 heterocycles. The van der Waals surface area contributed by atoms with Crippen molar-refractivity contribution in [3.05, 3.63) is 11.6 Å². The second-order valence-electron chi connectivity index (χ2n) is 4.28. The highest BCUT2D eigenvalue weighted by Crippen LogP contribution is 2.16. The van der Waals surface area contributed by atoms with Gasteiger partial charge in [0.05, 0.1) is 18.4 Å². The molecule has 0 aliphatic rings. The number of carboxylic acid groups (broad SMARTS) is 5. The van der Waals surface area contributed by atoms with E-state index in [4.69, 9.17) is 25.5 Å². The van der Waals surface area contributed by atoms with Gasteiger partial charge in [0.1, 0.15) is 5.92 Å². The monoisotopic (exact) mass is 348 g/mol. The lowest BCUT2D eigenvalue weighted by Gasteiger charge is -2.19. The van der Waals surface area contributed by atoms with Crippen molar-refractivity contribution in [2.24, 2.45) is 5.92 Å². The summed E-state index contributed by atoms with van der Waals surface area (Å²) in [5, 5.41) is 43.4. The Bertz CT molecular complexity index is 601. The minimum absolute atomic E-state index is 0.172. The van der Waals surface area contributed by atoms with Crippen LogP contribution in [0.2, 0.25) is 0 Å². The molecular formula is C12H12O12. The molecule has 0 amide bonds. The third kappa shape index (κ3) is 7.02. The van der Waals surface area contributed by atoms with Gasteiger partial charge in [0.25, 0.3) is 0 Å².